The number of phenols is 1. The van der Waals surface area contributed by atoms with Crippen molar-refractivity contribution in [2.45, 2.75) is 16.2 Å². The number of thioether (sulfide) groups is 1. The van der Waals surface area contributed by atoms with Gasteiger partial charge in [0.05, 0.1) is 23.7 Å². The standard InChI is InChI=1S/C21H15BrN2O5S2/c1-29-13-8-9(2-7-12(13)25)14-15-17(30-18-16(14)31-21(28)23-18)20(27)24(19(15)26)11-5-3-10(22)4-6-11/h2-8,14-15,17,25H,1H3,(H,23,28)/t14-,15-,17-/m1/s1. The number of rotatable bonds is 3. The zero-order valence-corrected chi connectivity index (χ0v) is 19.2. The molecule has 3 heterocycles. The average molecular weight is 519 g/mol. The van der Waals surface area contributed by atoms with E-state index in [1.54, 1.807) is 36.4 Å². The summed E-state index contributed by atoms with van der Waals surface area (Å²) in [6.07, 6.45) is 0. The van der Waals surface area contributed by atoms with Gasteiger partial charge in [0.1, 0.15) is 5.25 Å². The molecule has 1 aromatic heterocycles. The number of carbonyl (C=O) groups excluding carboxylic acids is 2. The molecule has 0 bridgehead atoms. The van der Waals surface area contributed by atoms with Crippen molar-refractivity contribution >= 4 is 56.5 Å². The van der Waals surface area contributed by atoms with Gasteiger partial charge in [0.15, 0.2) is 11.5 Å². The van der Waals surface area contributed by atoms with Crippen molar-refractivity contribution < 1.29 is 19.4 Å². The van der Waals surface area contributed by atoms with E-state index in [0.717, 1.165) is 15.8 Å². The van der Waals surface area contributed by atoms with Gasteiger partial charge in [0, 0.05) is 15.3 Å². The highest BCUT2D eigenvalue weighted by Crippen LogP contribution is 2.53. The van der Waals surface area contributed by atoms with Gasteiger partial charge in [-0.3, -0.25) is 14.4 Å². The number of aromatic hydroxyl groups is 1. The van der Waals surface area contributed by atoms with Crippen LogP contribution in [0, 0.1) is 5.92 Å². The Morgan fingerprint density at radius 2 is 1.84 bits per heavy atom. The third kappa shape index (κ3) is 3.20. The summed E-state index contributed by atoms with van der Waals surface area (Å²) < 4.78 is 6.09. The molecule has 3 aromatic rings. The largest absolute Gasteiger partial charge is 0.504 e. The van der Waals surface area contributed by atoms with E-state index in [0.29, 0.717) is 21.2 Å². The van der Waals surface area contributed by atoms with Crippen LogP contribution < -0.4 is 14.5 Å². The number of thiazole rings is 1. The minimum atomic E-state index is -0.686. The number of carbonyl (C=O) groups is 2. The van der Waals surface area contributed by atoms with Crippen molar-refractivity contribution in [1.29, 1.82) is 0 Å². The van der Waals surface area contributed by atoms with Gasteiger partial charge < -0.3 is 14.8 Å². The molecule has 2 aliphatic heterocycles. The fourth-order valence-electron chi connectivity index (χ4n) is 4.11. The van der Waals surface area contributed by atoms with Crippen LogP contribution in [-0.4, -0.2) is 34.3 Å². The highest BCUT2D eigenvalue weighted by atomic mass is 79.9. The lowest BCUT2D eigenvalue weighted by Crippen LogP contribution is -2.32. The number of aromatic amines is 1. The number of hydrogen-bond donors (Lipinski definition) is 2. The van der Waals surface area contributed by atoms with E-state index in [4.69, 9.17) is 4.74 Å². The Morgan fingerprint density at radius 3 is 2.55 bits per heavy atom. The smallest absolute Gasteiger partial charge is 0.305 e. The van der Waals surface area contributed by atoms with Crippen molar-refractivity contribution in [1.82, 2.24) is 4.98 Å². The first-order valence-corrected chi connectivity index (χ1v) is 11.8. The van der Waals surface area contributed by atoms with Gasteiger partial charge in [-0.05, 0) is 42.0 Å². The molecule has 158 valence electrons. The molecule has 2 aliphatic rings. The van der Waals surface area contributed by atoms with Crippen LogP contribution >= 0.6 is 39.0 Å². The van der Waals surface area contributed by atoms with E-state index in [1.807, 2.05) is 0 Å². The molecule has 5 rings (SSSR count). The van der Waals surface area contributed by atoms with Gasteiger partial charge >= 0.3 is 4.87 Å². The number of nitrogens with zero attached hydrogens (tertiary/aromatic N) is 1. The lowest BCUT2D eigenvalue weighted by molar-refractivity contribution is -0.122. The predicted octanol–water partition coefficient (Wildman–Crippen LogP) is 3.71. The SMILES string of the molecule is COc1cc([C@H]2c3sc(=O)[nH]c3S[C@H]3C(=O)N(c4ccc(Br)cc4)C(=O)[C@H]23)ccc1O. The van der Waals surface area contributed by atoms with E-state index in [-0.39, 0.29) is 28.2 Å². The van der Waals surface area contributed by atoms with Crippen molar-refractivity contribution in [2.75, 3.05) is 12.0 Å². The molecular formula is C21H15BrN2O5S2. The number of H-pyrrole nitrogens is 1. The first-order chi connectivity index (χ1) is 14.9. The normalized spacial score (nSPS) is 22.4. The monoisotopic (exact) mass is 518 g/mol. The number of phenolic OH excluding ortho intramolecular Hbond substituents is 1. The Hall–Kier alpha value is -2.56. The van der Waals surface area contributed by atoms with Crippen LogP contribution in [0.1, 0.15) is 16.4 Å². The van der Waals surface area contributed by atoms with Crippen molar-refractivity contribution in [3.8, 4) is 11.5 Å². The quantitative estimate of drug-likeness (QED) is 0.512. The molecular weight excluding hydrogens is 504 g/mol. The van der Waals surface area contributed by atoms with Crippen LogP contribution in [-0.2, 0) is 9.59 Å². The van der Waals surface area contributed by atoms with Gasteiger partial charge in [0.25, 0.3) is 0 Å². The van der Waals surface area contributed by atoms with Crippen LogP contribution in [0.5, 0.6) is 11.5 Å². The number of fused-ring (bicyclic) bond motifs is 2. The Balaban J connectivity index is 1.66. The number of nitrogens with one attached hydrogen (secondary N) is 1. The Morgan fingerprint density at radius 1 is 1.10 bits per heavy atom. The van der Waals surface area contributed by atoms with Crippen LogP contribution in [0.25, 0.3) is 0 Å². The van der Waals surface area contributed by atoms with Gasteiger partial charge in [-0.1, -0.05) is 45.1 Å². The van der Waals surface area contributed by atoms with Crippen molar-refractivity contribution in [2.24, 2.45) is 5.92 Å². The Kier molecular flexibility index (Phi) is 4.95. The summed E-state index contributed by atoms with van der Waals surface area (Å²) in [6.45, 7) is 0. The van der Waals surface area contributed by atoms with Gasteiger partial charge in [-0.25, -0.2) is 4.90 Å². The Labute approximate surface area is 193 Å². The third-order valence-electron chi connectivity index (χ3n) is 5.47. The summed E-state index contributed by atoms with van der Waals surface area (Å²) in [7, 11) is 1.44. The van der Waals surface area contributed by atoms with E-state index < -0.39 is 17.1 Å². The zero-order valence-electron chi connectivity index (χ0n) is 16.0. The first kappa shape index (κ1) is 20.3. The second kappa shape index (κ2) is 7.54. The molecule has 10 heteroatoms. The summed E-state index contributed by atoms with van der Waals surface area (Å²) in [4.78, 5) is 43.5. The van der Waals surface area contributed by atoms with Crippen molar-refractivity contribution in [3.63, 3.8) is 0 Å². The topological polar surface area (TPSA) is 99.7 Å². The third-order valence-corrected chi connectivity index (χ3v) is 8.40. The number of amides is 2. The average Bonchev–Trinajstić information content (AvgIpc) is 3.24. The van der Waals surface area contributed by atoms with Gasteiger partial charge in [-0.2, -0.15) is 0 Å². The Bertz CT molecular complexity index is 1270. The molecule has 0 spiro atoms. The molecule has 0 radical (unpaired) electrons. The second-order valence-electron chi connectivity index (χ2n) is 7.17. The minimum Gasteiger partial charge on any atom is -0.504 e. The molecule has 2 N–H and O–H groups in total. The maximum Gasteiger partial charge on any atom is 0.305 e. The summed E-state index contributed by atoms with van der Waals surface area (Å²) in [5.41, 5.74) is 1.20. The van der Waals surface area contributed by atoms with Crippen LogP contribution in [0.3, 0.4) is 0 Å². The van der Waals surface area contributed by atoms with Gasteiger partial charge in [0.2, 0.25) is 11.8 Å². The number of imide groups is 1. The molecule has 0 saturated carbocycles. The number of methoxy groups -OCH3 is 1. The molecule has 7 nitrogen and oxygen atoms in total. The van der Waals surface area contributed by atoms with E-state index in [1.165, 1.54) is 29.8 Å². The number of hydrogen-bond acceptors (Lipinski definition) is 7. The molecule has 31 heavy (non-hydrogen) atoms. The van der Waals surface area contributed by atoms with Crippen molar-refractivity contribution in [3.05, 3.63) is 67.0 Å². The molecule has 1 saturated heterocycles. The lowest BCUT2D eigenvalue weighted by Gasteiger charge is -2.30. The number of aromatic nitrogens is 1. The molecule has 0 unspecified atom stereocenters. The number of ether oxygens (including phenoxy) is 1. The molecule has 0 aliphatic carbocycles. The van der Waals surface area contributed by atoms with E-state index in [2.05, 4.69) is 20.9 Å². The maximum absolute atomic E-state index is 13.6. The number of halogens is 1. The summed E-state index contributed by atoms with van der Waals surface area (Å²) in [5, 5.41) is 9.95. The molecule has 1 fully saturated rings. The predicted molar refractivity (Wildman–Crippen MR) is 121 cm³/mol. The minimum absolute atomic E-state index is 0.0271. The highest BCUT2D eigenvalue weighted by molar-refractivity contribution is 9.10. The highest BCUT2D eigenvalue weighted by Gasteiger charge is 2.56. The van der Waals surface area contributed by atoms with Crippen LogP contribution in [0.4, 0.5) is 5.69 Å². The van der Waals surface area contributed by atoms with E-state index in [9.17, 15) is 19.5 Å². The summed E-state index contributed by atoms with van der Waals surface area (Å²) in [6, 6.07) is 11.8. The first-order valence-electron chi connectivity index (χ1n) is 9.29. The molecule has 3 atom stereocenters. The van der Waals surface area contributed by atoms with Crippen LogP contribution in [0.2, 0.25) is 0 Å². The molecule has 2 amide bonds. The number of anilines is 1. The summed E-state index contributed by atoms with van der Waals surface area (Å²) in [5.74, 6) is -1.59. The fourth-order valence-corrected chi connectivity index (χ4v) is 6.89. The zero-order chi connectivity index (χ0) is 21.9. The number of benzene rings is 2. The maximum atomic E-state index is 13.6. The van der Waals surface area contributed by atoms with E-state index >= 15 is 0 Å². The van der Waals surface area contributed by atoms with Gasteiger partial charge in [-0.15, -0.1) is 0 Å². The lowest BCUT2D eigenvalue weighted by atomic mass is 9.83. The van der Waals surface area contributed by atoms with Crippen LogP contribution in [0.15, 0.2) is 56.8 Å². The molecule has 2 aromatic carbocycles. The summed E-state index contributed by atoms with van der Waals surface area (Å²) >= 11 is 5.63. The fraction of sp³-hybridized carbons (Fsp3) is 0.190. The second-order valence-corrected chi connectivity index (χ2v) is 10.3.